The van der Waals surface area contributed by atoms with Crippen LogP contribution in [-0.4, -0.2) is 37.1 Å². The Morgan fingerprint density at radius 2 is 2.19 bits per heavy atom. The summed E-state index contributed by atoms with van der Waals surface area (Å²) in [5.74, 6) is 0.452. The zero-order valence-corrected chi connectivity index (χ0v) is 14.4. The first-order valence-corrected chi connectivity index (χ1v) is 8.24. The lowest BCUT2D eigenvalue weighted by molar-refractivity contribution is 0.0950. The molecular weight excluding hydrogens is 337 g/mol. The van der Waals surface area contributed by atoms with Crippen LogP contribution in [0.2, 0.25) is 0 Å². The van der Waals surface area contributed by atoms with Gasteiger partial charge in [-0.05, 0) is 24.3 Å². The number of hydrogen-bond donors (Lipinski definition) is 3. The second-order valence-corrected chi connectivity index (χ2v) is 5.67. The number of aliphatic imine (C=N–C) groups is 1. The SMILES string of the molecule is COc1cccc(CNC(=O)c2ccc(F)c(CNC3=NCCN3)c2)n1. The first-order chi connectivity index (χ1) is 12.7. The Morgan fingerprint density at radius 1 is 1.31 bits per heavy atom. The van der Waals surface area contributed by atoms with Crippen LogP contribution >= 0.6 is 0 Å². The lowest BCUT2D eigenvalue weighted by Crippen LogP contribution is -2.33. The second-order valence-electron chi connectivity index (χ2n) is 5.67. The Morgan fingerprint density at radius 3 is 2.96 bits per heavy atom. The summed E-state index contributed by atoms with van der Waals surface area (Å²) < 4.78 is 19.0. The van der Waals surface area contributed by atoms with Crippen LogP contribution < -0.4 is 20.7 Å². The Labute approximate surface area is 150 Å². The number of halogens is 1. The van der Waals surface area contributed by atoms with Crippen LogP contribution in [0.5, 0.6) is 5.88 Å². The highest BCUT2D eigenvalue weighted by molar-refractivity contribution is 5.94. The number of rotatable bonds is 6. The van der Waals surface area contributed by atoms with Crippen molar-refractivity contribution in [3.63, 3.8) is 0 Å². The maximum Gasteiger partial charge on any atom is 0.251 e. The minimum atomic E-state index is -0.373. The highest BCUT2D eigenvalue weighted by Gasteiger charge is 2.11. The van der Waals surface area contributed by atoms with Crippen molar-refractivity contribution in [2.24, 2.45) is 4.99 Å². The number of nitrogens with zero attached hydrogens (tertiary/aromatic N) is 2. The van der Waals surface area contributed by atoms with E-state index in [0.29, 0.717) is 35.2 Å². The standard InChI is InChI=1S/C18H20FN5O2/c1-26-16-4-2-3-14(24-16)11-22-17(25)12-5-6-15(19)13(9-12)10-23-18-20-7-8-21-18/h2-6,9H,7-8,10-11H2,1H3,(H,22,25)(H2,20,21,23). The fraction of sp³-hybridized carbons (Fsp3) is 0.278. The Hall–Kier alpha value is -3.16. The summed E-state index contributed by atoms with van der Waals surface area (Å²) >= 11 is 0. The third-order valence-corrected chi connectivity index (χ3v) is 3.85. The molecule has 1 aliphatic heterocycles. The highest BCUT2D eigenvalue weighted by atomic mass is 19.1. The number of pyridine rings is 1. The summed E-state index contributed by atoms with van der Waals surface area (Å²) in [4.78, 5) is 20.8. The number of nitrogens with one attached hydrogen (secondary N) is 3. The summed E-state index contributed by atoms with van der Waals surface area (Å²) in [6.07, 6.45) is 0. The Bertz CT molecular complexity index is 825. The largest absolute Gasteiger partial charge is 0.481 e. The van der Waals surface area contributed by atoms with Crippen LogP contribution in [0.4, 0.5) is 4.39 Å². The lowest BCUT2D eigenvalue weighted by atomic mass is 10.1. The zero-order valence-electron chi connectivity index (χ0n) is 14.4. The molecule has 0 aliphatic carbocycles. The molecule has 0 saturated heterocycles. The molecule has 7 nitrogen and oxygen atoms in total. The van der Waals surface area contributed by atoms with E-state index in [2.05, 4.69) is 25.9 Å². The first kappa shape index (κ1) is 17.7. The summed E-state index contributed by atoms with van der Waals surface area (Å²) in [7, 11) is 1.53. The van der Waals surface area contributed by atoms with Gasteiger partial charge >= 0.3 is 0 Å². The maximum absolute atomic E-state index is 14.0. The number of ether oxygens (including phenoxy) is 1. The van der Waals surface area contributed by atoms with Crippen molar-refractivity contribution in [2.45, 2.75) is 13.1 Å². The maximum atomic E-state index is 14.0. The van der Waals surface area contributed by atoms with Gasteiger partial charge in [-0.3, -0.25) is 9.79 Å². The normalized spacial score (nSPS) is 12.9. The predicted octanol–water partition coefficient (Wildman–Crippen LogP) is 1.21. The van der Waals surface area contributed by atoms with E-state index >= 15 is 0 Å². The van der Waals surface area contributed by atoms with Crippen molar-refractivity contribution in [3.05, 3.63) is 59.0 Å². The first-order valence-electron chi connectivity index (χ1n) is 8.24. The van der Waals surface area contributed by atoms with E-state index in [1.807, 2.05) is 0 Å². The number of carbonyl (C=O) groups excluding carboxylic acids is 1. The van der Waals surface area contributed by atoms with Gasteiger partial charge in [0.15, 0.2) is 5.96 Å². The second kappa shape index (κ2) is 8.28. The monoisotopic (exact) mass is 357 g/mol. The van der Waals surface area contributed by atoms with Gasteiger partial charge in [0, 0.05) is 30.3 Å². The van der Waals surface area contributed by atoms with Gasteiger partial charge in [-0.1, -0.05) is 6.07 Å². The zero-order chi connectivity index (χ0) is 18.4. The molecule has 0 unspecified atom stereocenters. The van der Waals surface area contributed by atoms with Gasteiger partial charge in [0.25, 0.3) is 5.91 Å². The average Bonchev–Trinajstić information content (AvgIpc) is 3.19. The third-order valence-electron chi connectivity index (χ3n) is 3.85. The van der Waals surface area contributed by atoms with Crippen LogP contribution in [0, 0.1) is 5.82 Å². The van der Waals surface area contributed by atoms with Crippen LogP contribution in [0.3, 0.4) is 0 Å². The molecule has 0 saturated carbocycles. The topological polar surface area (TPSA) is 87.6 Å². The van der Waals surface area contributed by atoms with E-state index in [1.54, 1.807) is 18.2 Å². The van der Waals surface area contributed by atoms with Crippen molar-refractivity contribution in [3.8, 4) is 5.88 Å². The lowest BCUT2D eigenvalue weighted by Gasteiger charge is -2.10. The molecule has 26 heavy (non-hydrogen) atoms. The van der Waals surface area contributed by atoms with Gasteiger partial charge in [0.2, 0.25) is 5.88 Å². The highest BCUT2D eigenvalue weighted by Crippen LogP contribution is 2.12. The molecule has 1 aliphatic rings. The van der Waals surface area contributed by atoms with Crippen molar-refractivity contribution in [1.82, 2.24) is 20.9 Å². The fourth-order valence-corrected chi connectivity index (χ4v) is 2.49. The fourth-order valence-electron chi connectivity index (χ4n) is 2.49. The van der Waals surface area contributed by atoms with Gasteiger partial charge in [0.05, 0.1) is 25.9 Å². The summed E-state index contributed by atoms with van der Waals surface area (Å²) in [6.45, 7) is 1.97. The molecule has 2 heterocycles. The van der Waals surface area contributed by atoms with Gasteiger partial charge < -0.3 is 20.7 Å². The van der Waals surface area contributed by atoms with Crippen molar-refractivity contribution in [2.75, 3.05) is 20.2 Å². The Balaban J connectivity index is 1.62. The molecule has 0 bridgehead atoms. The molecule has 3 N–H and O–H groups in total. The van der Waals surface area contributed by atoms with Gasteiger partial charge in [-0.2, -0.15) is 0 Å². The molecule has 8 heteroatoms. The quantitative estimate of drug-likeness (QED) is 0.723. The predicted molar refractivity (Wildman–Crippen MR) is 95.5 cm³/mol. The molecular formula is C18H20FN5O2. The van der Waals surface area contributed by atoms with Crippen LogP contribution in [0.1, 0.15) is 21.6 Å². The van der Waals surface area contributed by atoms with Crippen LogP contribution in [0.25, 0.3) is 0 Å². The number of benzene rings is 1. The summed E-state index contributed by atoms with van der Waals surface area (Å²) in [5, 5.41) is 8.84. The van der Waals surface area contributed by atoms with Crippen molar-refractivity contribution < 1.29 is 13.9 Å². The van der Waals surface area contributed by atoms with Crippen molar-refractivity contribution >= 4 is 11.9 Å². The minimum absolute atomic E-state index is 0.246. The van der Waals surface area contributed by atoms with Crippen molar-refractivity contribution in [1.29, 1.82) is 0 Å². The van der Waals surface area contributed by atoms with Crippen LogP contribution in [0.15, 0.2) is 41.4 Å². The smallest absolute Gasteiger partial charge is 0.251 e. The van der Waals surface area contributed by atoms with E-state index in [-0.39, 0.29) is 24.8 Å². The van der Waals surface area contributed by atoms with Crippen LogP contribution in [-0.2, 0) is 13.1 Å². The molecule has 0 spiro atoms. The number of hydrogen-bond acceptors (Lipinski definition) is 6. The minimum Gasteiger partial charge on any atom is -0.481 e. The van der Waals surface area contributed by atoms with E-state index in [9.17, 15) is 9.18 Å². The summed E-state index contributed by atoms with van der Waals surface area (Å²) in [6, 6.07) is 9.60. The molecule has 0 atom stereocenters. The molecule has 1 aromatic carbocycles. The molecule has 0 radical (unpaired) electrons. The molecule has 1 aromatic heterocycles. The van der Waals surface area contributed by atoms with E-state index < -0.39 is 0 Å². The average molecular weight is 357 g/mol. The third kappa shape index (κ3) is 4.47. The number of guanidine groups is 1. The van der Waals surface area contributed by atoms with E-state index in [1.165, 1.54) is 25.3 Å². The molecule has 136 valence electrons. The molecule has 0 fully saturated rings. The molecule has 3 rings (SSSR count). The molecule has 1 amide bonds. The number of aromatic nitrogens is 1. The Kier molecular flexibility index (Phi) is 5.62. The van der Waals surface area contributed by atoms with Gasteiger partial charge in [-0.25, -0.2) is 9.37 Å². The number of carbonyl (C=O) groups is 1. The number of amides is 1. The van der Waals surface area contributed by atoms with Gasteiger partial charge in [0.1, 0.15) is 5.82 Å². The number of methoxy groups -OCH3 is 1. The van der Waals surface area contributed by atoms with E-state index in [4.69, 9.17) is 4.74 Å². The summed E-state index contributed by atoms with van der Waals surface area (Å²) in [5.41, 5.74) is 1.45. The van der Waals surface area contributed by atoms with Gasteiger partial charge in [-0.15, -0.1) is 0 Å². The van der Waals surface area contributed by atoms with E-state index in [0.717, 1.165) is 6.54 Å². The molecule has 2 aromatic rings.